The predicted octanol–water partition coefficient (Wildman–Crippen LogP) is 3.04. The zero-order chi connectivity index (χ0) is 11.3. The van der Waals surface area contributed by atoms with Crippen LogP contribution in [-0.2, 0) is 0 Å². The molecule has 0 aliphatic carbocycles. The third-order valence-corrected chi connectivity index (χ3v) is 2.91. The third-order valence-electron chi connectivity index (χ3n) is 2.03. The smallest absolute Gasteiger partial charge is 0.345 e. The predicted molar refractivity (Wildman–Crippen MR) is 61.4 cm³/mol. The monoisotopic (exact) mass is 229 g/mol. The SMILES string of the molecule is CCCCC(C)Nc1ncc([N+](=O)[O-])s1. The van der Waals surface area contributed by atoms with Gasteiger partial charge in [-0.25, -0.2) is 4.98 Å². The van der Waals surface area contributed by atoms with Crippen LogP contribution >= 0.6 is 11.3 Å². The van der Waals surface area contributed by atoms with E-state index in [1.165, 1.54) is 6.20 Å². The summed E-state index contributed by atoms with van der Waals surface area (Å²) in [6, 6.07) is 0.315. The molecule has 0 aliphatic heterocycles. The van der Waals surface area contributed by atoms with Gasteiger partial charge in [-0.1, -0.05) is 19.8 Å². The molecule has 5 nitrogen and oxygen atoms in total. The van der Waals surface area contributed by atoms with Crippen molar-refractivity contribution < 1.29 is 4.92 Å². The lowest BCUT2D eigenvalue weighted by Crippen LogP contribution is -2.14. The summed E-state index contributed by atoms with van der Waals surface area (Å²) in [6.45, 7) is 4.20. The van der Waals surface area contributed by atoms with Crippen LogP contribution in [0.2, 0.25) is 0 Å². The Labute approximate surface area is 92.7 Å². The van der Waals surface area contributed by atoms with E-state index in [1.807, 2.05) is 0 Å². The van der Waals surface area contributed by atoms with Crippen molar-refractivity contribution in [3.63, 3.8) is 0 Å². The van der Waals surface area contributed by atoms with Gasteiger partial charge in [0.2, 0.25) is 0 Å². The molecule has 1 aromatic heterocycles. The molecule has 0 aromatic carbocycles. The normalized spacial score (nSPS) is 12.4. The molecule has 15 heavy (non-hydrogen) atoms. The number of rotatable bonds is 6. The van der Waals surface area contributed by atoms with E-state index in [0.717, 1.165) is 30.6 Å². The van der Waals surface area contributed by atoms with Gasteiger partial charge in [-0.05, 0) is 24.7 Å². The molecule has 1 atom stereocenters. The molecule has 0 bridgehead atoms. The maximum atomic E-state index is 10.4. The molecule has 0 spiro atoms. The van der Waals surface area contributed by atoms with Crippen molar-refractivity contribution in [2.75, 3.05) is 5.32 Å². The van der Waals surface area contributed by atoms with Gasteiger partial charge in [0.25, 0.3) is 0 Å². The maximum absolute atomic E-state index is 10.4. The molecule has 0 aliphatic rings. The highest BCUT2D eigenvalue weighted by Crippen LogP contribution is 2.25. The lowest BCUT2D eigenvalue weighted by atomic mass is 10.1. The molecule has 1 rings (SSSR count). The molecule has 6 heteroatoms. The molecular formula is C9H15N3O2S. The van der Waals surface area contributed by atoms with Gasteiger partial charge in [0.1, 0.15) is 6.20 Å². The molecule has 0 fully saturated rings. The van der Waals surface area contributed by atoms with Gasteiger partial charge < -0.3 is 5.32 Å². The van der Waals surface area contributed by atoms with Crippen molar-refractivity contribution in [3.8, 4) is 0 Å². The van der Waals surface area contributed by atoms with Crippen LogP contribution in [0, 0.1) is 10.1 Å². The van der Waals surface area contributed by atoms with Gasteiger partial charge in [0.15, 0.2) is 5.13 Å². The summed E-state index contributed by atoms with van der Waals surface area (Å²) in [5.74, 6) is 0. The van der Waals surface area contributed by atoms with E-state index in [4.69, 9.17) is 0 Å². The Kier molecular flexibility index (Phi) is 4.48. The fourth-order valence-electron chi connectivity index (χ4n) is 1.21. The summed E-state index contributed by atoms with van der Waals surface area (Å²) in [4.78, 5) is 14.0. The second-order valence-corrected chi connectivity index (χ2v) is 4.46. The van der Waals surface area contributed by atoms with E-state index in [2.05, 4.69) is 24.1 Å². The summed E-state index contributed by atoms with van der Waals surface area (Å²) < 4.78 is 0. The fraction of sp³-hybridized carbons (Fsp3) is 0.667. The van der Waals surface area contributed by atoms with Gasteiger partial charge in [-0.2, -0.15) is 0 Å². The van der Waals surface area contributed by atoms with Gasteiger partial charge in [-0.15, -0.1) is 0 Å². The summed E-state index contributed by atoms with van der Waals surface area (Å²) in [5, 5.41) is 14.3. The number of nitrogens with one attached hydrogen (secondary N) is 1. The van der Waals surface area contributed by atoms with Gasteiger partial charge in [-0.3, -0.25) is 10.1 Å². The molecule has 1 unspecified atom stereocenters. The second kappa shape index (κ2) is 5.65. The maximum Gasteiger partial charge on any atom is 0.345 e. The Morgan fingerprint density at radius 1 is 1.73 bits per heavy atom. The Hall–Kier alpha value is -1.17. The zero-order valence-electron chi connectivity index (χ0n) is 8.90. The highest BCUT2D eigenvalue weighted by molar-refractivity contribution is 7.18. The topological polar surface area (TPSA) is 68.1 Å². The number of nitro groups is 1. The molecule has 0 saturated heterocycles. The Morgan fingerprint density at radius 3 is 3.00 bits per heavy atom. The minimum absolute atomic E-state index is 0.0835. The van der Waals surface area contributed by atoms with Gasteiger partial charge >= 0.3 is 5.00 Å². The minimum atomic E-state index is -0.417. The quantitative estimate of drug-likeness (QED) is 0.601. The van der Waals surface area contributed by atoms with Crippen LogP contribution < -0.4 is 5.32 Å². The lowest BCUT2D eigenvalue weighted by molar-refractivity contribution is -0.380. The lowest BCUT2D eigenvalue weighted by Gasteiger charge is -2.11. The first-order chi connectivity index (χ1) is 7.13. The van der Waals surface area contributed by atoms with E-state index < -0.39 is 4.92 Å². The van der Waals surface area contributed by atoms with Crippen molar-refractivity contribution in [2.24, 2.45) is 0 Å². The molecule has 0 radical (unpaired) electrons. The molecule has 84 valence electrons. The van der Waals surface area contributed by atoms with E-state index in [0.29, 0.717) is 11.2 Å². The average Bonchev–Trinajstić information content (AvgIpc) is 2.63. The summed E-state index contributed by atoms with van der Waals surface area (Å²) in [6.07, 6.45) is 4.66. The molecule has 0 amide bonds. The van der Waals surface area contributed by atoms with E-state index >= 15 is 0 Å². The largest absolute Gasteiger partial charge is 0.359 e. The number of thiazole rings is 1. The van der Waals surface area contributed by atoms with Gasteiger partial charge in [0.05, 0.1) is 4.92 Å². The summed E-state index contributed by atoms with van der Waals surface area (Å²) in [7, 11) is 0. The number of anilines is 1. The Bertz CT molecular complexity index is 327. The van der Waals surface area contributed by atoms with E-state index in [9.17, 15) is 10.1 Å². The Morgan fingerprint density at radius 2 is 2.47 bits per heavy atom. The van der Waals surface area contributed by atoms with Crippen LogP contribution in [0.5, 0.6) is 0 Å². The van der Waals surface area contributed by atoms with Crippen molar-refractivity contribution in [1.82, 2.24) is 4.98 Å². The fourth-order valence-corrected chi connectivity index (χ4v) is 1.95. The Balaban J connectivity index is 2.46. The molecule has 1 aromatic rings. The van der Waals surface area contributed by atoms with Gasteiger partial charge in [0, 0.05) is 6.04 Å². The third kappa shape index (κ3) is 3.83. The highest BCUT2D eigenvalue weighted by atomic mass is 32.1. The van der Waals surface area contributed by atoms with Crippen molar-refractivity contribution in [1.29, 1.82) is 0 Å². The number of aromatic nitrogens is 1. The van der Waals surface area contributed by atoms with Crippen LogP contribution in [0.15, 0.2) is 6.20 Å². The first-order valence-electron chi connectivity index (χ1n) is 5.00. The van der Waals surface area contributed by atoms with Crippen molar-refractivity contribution >= 4 is 21.5 Å². The number of unbranched alkanes of at least 4 members (excludes halogenated alkanes) is 1. The summed E-state index contributed by atoms with van der Waals surface area (Å²) >= 11 is 1.08. The second-order valence-electron chi connectivity index (χ2n) is 3.45. The molecule has 0 saturated carbocycles. The molecule has 1 heterocycles. The number of hydrogen-bond acceptors (Lipinski definition) is 5. The van der Waals surface area contributed by atoms with Crippen LogP contribution in [0.3, 0.4) is 0 Å². The van der Waals surface area contributed by atoms with Crippen LogP contribution in [0.4, 0.5) is 10.1 Å². The number of hydrogen-bond donors (Lipinski definition) is 1. The average molecular weight is 229 g/mol. The van der Waals surface area contributed by atoms with Crippen LogP contribution in [-0.4, -0.2) is 15.9 Å². The highest BCUT2D eigenvalue weighted by Gasteiger charge is 2.12. The van der Waals surface area contributed by atoms with E-state index in [1.54, 1.807) is 0 Å². The first-order valence-corrected chi connectivity index (χ1v) is 5.82. The minimum Gasteiger partial charge on any atom is -0.359 e. The summed E-state index contributed by atoms with van der Waals surface area (Å²) in [5.41, 5.74) is 0. The number of nitrogens with zero attached hydrogens (tertiary/aromatic N) is 2. The molecule has 1 N–H and O–H groups in total. The van der Waals surface area contributed by atoms with E-state index in [-0.39, 0.29) is 5.00 Å². The van der Waals surface area contributed by atoms with Crippen LogP contribution in [0.1, 0.15) is 33.1 Å². The van der Waals surface area contributed by atoms with Crippen molar-refractivity contribution in [2.45, 2.75) is 39.2 Å². The zero-order valence-corrected chi connectivity index (χ0v) is 9.71. The first kappa shape index (κ1) is 11.9. The molecular weight excluding hydrogens is 214 g/mol. The van der Waals surface area contributed by atoms with Crippen molar-refractivity contribution in [3.05, 3.63) is 16.3 Å². The standard InChI is InChI=1S/C9H15N3O2S/c1-3-4-5-7(2)11-9-10-6-8(15-9)12(13)14/h6-7H,3-5H2,1-2H3,(H,10,11). The van der Waals surface area contributed by atoms with Crippen LogP contribution in [0.25, 0.3) is 0 Å².